The molecule has 1 fully saturated rings. The number of aryl methyl sites for hydroxylation is 1. The Bertz CT molecular complexity index is 416. The Morgan fingerprint density at radius 2 is 2.26 bits per heavy atom. The number of nitrogens with two attached hydrogens (primary N) is 1. The number of morpholine rings is 1. The largest absolute Gasteiger partial charge is 0.378 e. The van der Waals surface area contributed by atoms with Gasteiger partial charge in [-0.1, -0.05) is 6.92 Å². The van der Waals surface area contributed by atoms with Gasteiger partial charge in [0, 0.05) is 23.0 Å². The van der Waals surface area contributed by atoms with Gasteiger partial charge in [0.2, 0.25) is 0 Å². The molecule has 0 amide bonds. The Kier molecular flexibility index (Phi) is 4.66. The molecule has 4 heteroatoms. The number of rotatable bonds is 4. The van der Waals surface area contributed by atoms with Crippen LogP contribution >= 0.6 is 11.3 Å². The second-order valence-corrected chi connectivity index (χ2v) is 6.99. The SMILES string of the molecule is CCC(N)C(c1sccc1C)N1CCOCC1(C)C. The van der Waals surface area contributed by atoms with Gasteiger partial charge < -0.3 is 10.5 Å². The Morgan fingerprint density at radius 3 is 2.79 bits per heavy atom. The standard InChI is InChI=1S/C15H26N2OS/c1-5-12(16)13(14-11(2)6-9-19-14)17-7-8-18-10-15(17,3)4/h6,9,12-13H,5,7-8,10,16H2,1-4H3. The average molecular weight is 282 g/mol. The molecule has 2 atom stereocenters. The summed E-state index contributed by atoms with van der Waals surface area (Å²) in [4.78, 5) is 3.97. The van der Waals surface area contributed by atoms with Crippen molar-refractivity contribution < 1.29 is 4.74 Å². The van der Waals surface area contributed by atoms with Crippen molar-refractivity contribution in [3.63, 3.8) is 0 Å². The highest BCUT2D eigenvalue weighted by Crippen LogP contribution is 2.37. The second-order valence-electron chi connectivity index (χ2n) is 6.04. The van der Waals surface area contributed by atoms with E-state index in [9.17, 15) is 0 Å². The van der Waals surface area contributed by atoms with Gasteiger partial charge >= 0.3 is 0 Å². The van der Waals surface area contributed by atoms with E-state index in [0.717, 1.165) is 26.2 Å². The van der Waals surface area contributed by atoms with E-state index < -0.39 is 0 Å². The molecule has 108 valence electrons. The number of nitrogens with zero attached hydrogens (tertiary/aromatic N) is 1. The molecule has 19 heavy (non-hydrogen) atoms. The second kappa shape index (κ2) is 5.92. The highest BCUT2D eigenvalue weighted by Gasteiger charge is 2.39. The van der Waals surface area contributed by atoms with Crippen LogP contribution in [0.15, 0.2) is 11.4 Å². The summed E-state index contributed by atoms with van der Waals surface area (Å²) in [5, 5.41) is 2.17. The molecule has 0 aliphatic carbocycles. The van der Waals surface area contributed by atoms with E-state index in [-0.39, 0.29) is 11.6 Å². The lowest BCUT2D eigenvalue weighted by Gasteiger charge is -2.48. The molecule has 1 aliphatic rings. The van der Waals surface area contributed by atoms with Crippen LogP contribution in [0.4, 0.5) is 0 Å². The predicted molar refractivity (Wildman–Crippen MR) is 81.7 cm³/mol. The van der Waals surface area contributed by atoms with E-state index in [0.29, 0.717) is 6.04 Å². The first-order chi connectivity index (χ1) is 8.97. The molecular weight excluding hydrogens is 256 g/mol. The molecule has 1 aliphatic heterocycles. The van der Waals surface area contributed by atoms with Crippen molar-refractivity contribution in [2.24, 2.45) is 5.73 Å². The Morgan fingerprint density at radius 1 is 1.53 bits per heavy atom. The molecular formula is C15H26N2OS. The van der Waals surface area contributed by atoms with Gasteiger partial charge in [-0.3, -0.25) is 4.90 Å². The first-order valence-electron chi connectivity index (χ1n) is 7.11. The molecule has 1 aromatic rings. The smallest absolute Gasteiger partial charge is 0.0645 e. The number of hydrogen-bond acceptors (Lipinski definition) is 4. The zero-order valence-electron chi connectivity index (χ0n) is 12.5. The maximum Gasteiger partial charge on any atom is 0.0645 e. The number of thiophene rings is 1. The van der Waals surface area contributed by atoms with E-state index in [1.807, 2.05) is 11.3 Å². The molecule has 0 spiro atoms. The Hall–Kier alpha value is -0.420. The molecule has 2 unspecified atom stereocenters. The maximum absolute atomic E-state index is 6.45. The number of ether oxygens (including phenoxy) is 1. The van der Waals surface area contributed by atoms with Gasteiger partial charge in [-0.05, 0) is 44.2 Å². The zero-order valence-corrected chi connectivity index (χ0v) is 13.3. The highest BCUT2D eigenvalue weighted by molar-refractivity contribution is 7.10. The topological polar surface area (TPSA) is 38.5 Å². The third-order valence-electron chi connectivity index (χ3n) is 4.09. The van der Waals surface area contributed by atoms with Crippen molar-refractivity contribution in [2.45, 2.75) is 51.7 Å². The van der Waals surface area contributed by atoms with Crippen LogP contribution in [0.2, 0.25) is 0 Å². The van der Waals surface area contributed by atoms with Crippen LogP contribution in [-0.2, 0) is 4.74 Å². The first kappa shape index (κ1) is 15.0. The van der Waals surface area contributed by atoms with Gasteiger partial charge in [-0.25, -0.2) is 0 Å². The zero-order chi connectivity index (χ0) is 14.0. The summed E-state index contributed by atoms with van der Waals surface area (Å²) in [6, 6.07) is 2.68. The van der Waals surface area contributed by atoms with Crippen molar-refractivity contribution in [2.75, 3.05) is 19.8 Å². The van der Waals surface area contributed by atoms with Gasteiger partial charge in [-0.15, -0.1) is 11.3 Å². The Labute approximate surface area is 120 Å². The maximum atomic E-state index is 6.45. The lowest BCUT2D eigenvalue weighted by Crippen LogP contribution is -2.57. The summed E-state index contributed by atoms with van der Waals surface area (Å²) in [6.45, 7) is 11.4. The third kappa shape index (κ3) is 3.02. The predicted octanol–water partition coefficient (Wildman–Crippen LogP) is 2.95. The summed E-state index contributed by atoms with van der Waals surface area (Å²) >= 11 is 1.83. The first-order valence-corrected chi connectivity index (χ1v) is 7.99. The van der Waals surface area contributed by atoms with Crippen molar-refractivity contribution in [1.82, 2.24) is 4.90 Å². The van der Waals surface area contributed by atoms with E-state index in [2.05, 4.69) is 44.0 Å². The molecule has 3 nitrogen and oxygen atoms in total. The summed E-state index contributed by atoms with van der Waals surface area (Å²) in [5.41, 5.74) is 7.86. The quantitative estimate of drug-likeness (QED) is 0.923. The van der Waals surface area contributed by atoms with Crippen LogP contribution in [0.5, 0.6) is 0 Å². The fourth-order valence-corrected chi connectivity index (χ4v) is 3.98. The van der Waals surface area contributed by atoms with Crippen LogP contribution in [0.25, 0.3) is 0 Å². The minimum atomic E-state index is 0.0478. The van der Waals surface area contributed by atoms with Crippen LogP contribution < -0.4 is 5.73 Å². The van der Waals surface area contributed by atoms with E-state index in [1.54, 1.807) is 0 Å². The molecule has 0 aromatic carbocycles. The average Bonchev–Trinajstić information content (AvgIpc) is 2.77. The molecule has 1 aromatic heterocycles. The molecule has 1 saturated heterocycles. The molecule has 0 saturated carbocycles. The van der Waals surface area contributed by atoms with Crippen LogP contribution in [-0.4, -0.2) is 36.2 Å². The van der Waals surface area contributed by atoms with Crippen molar-refractivity contribution >= 4 is 11.3 Å². The van der Waals surface area contributed by atoms with E-state index >= 15 is 0 Å². The van der Waals surface area contributed by atoms with E-state index in [1.165, 1.54) is 10.4 Å². The molecule has 2 heterocycles. The Balaban J connectivity index is 2.35. The summed E-state index contributed by atoms with van der Waals surface area (Å²) < 4.78 is 5.65. The normalized spacial score (nSPS) is 23.2. The summed E-state index contributed by atoms with van der Waals surface area (Å²) in [7, 11) is 0. The minimum absolute atomic E-state index is 0.0478. The summed E-state index contributed by atoms with van der Waals surface area (Å²) in [6.07, 6.45) is 0.995. The summed E-state index contributed by atoms with van der Waals surface area (Å²) in [5.74, 6) is 0. The monoisotopic (exact) mass is 282 g/mol. The van der Waals surface area contributed by atoms with Gasteiger partial charge in [0.1, 0.15) is 0 Å². The van der Waals surface area contributed by atoms with Crippen molar-refractivity contribution in [3.05, 3.63) is 21.9 Å². The van der Waals surface area contributed by atoms with Crippen LogP contribution in [0.3, 0.4) is 0 Å². The van der Waals surface area contributed by atoms with Crippen LogP contribution in [0, 0.1) is 6.92 Å². The minimum Gasteiger partial charge on any atom is -0.378 e. The van der Waals surface area contributed by atoms with Gasteiger partial charge in [-0.2, -0.15) is 0 Å². The molecule has 2 N–H and O–H groups in total. The van der Waals surface area contributed by atoms with E-state index in [4.69, 9.17) is 10.5 Å². The highest BCUT2D eigenvalue weighted by atomic mass is 32.1. The van der Waals surface area contributed by atoms with Gasteiger partial charge in [0.25, 0.3) is 0 Å². The lowest BCUT2D eigenvalue weighted by atomic mass is 9.93. The molecule has 2 rings (SSSR count). The molecule has 0 bridgehead atoms. The van der Waals surface area contributed by atoms with Crippen LogP contribution in [0.1, 0.15) is 43.7 Å². The number of hydrogen-bond donors (Lipinski definition) is 1. The van der Waals surface area contributed by atoms with Gasteiger partial charge in [0.15, 0.2) is 0 Å². The lowest BCUT2D eigenvalue weighted by molar-refractivity contribution is -0.0771. The molecule has 0 radical (unpaired) electrons. The third-order valence-corrected chi connectivity index (χ3v) is 5.18. The fraction of sp³-hybridized carbons (Fsp3) is 0.733. The fourth-order valence-electron chi connectivity index (χ4n) is 2.86. The van der Waals surface area contributed by atoms with Crippen molar-refractivity contribution in [1.29, 1.82) is 0 Å². The van der Waals surface area contributed by atoms with Gasteiger partial charge in [0.05, 0.1) is 19.3 Å². The van der Waals surface area contributed by atoms with Crippen molar-refractivity contribution in [3.8, 4) is 0 Å².